The standard InChI is InChI=1S/C23H18FNO4/c24-17-12-10-16(11-13-17)23-22(25(27)28)19(18-8-4-5-9-21(18)29-23)14-20(26)15-6-2-1-3-7-15/h1-13,19,22-23H,14H2/t19-,22+,23-/m1/s1. The summed E-state index contributed by atoms with van der Waals surface area (Å²) in [4.78, 5) is 24.6. The zero-order chi connectivity index (χ0) is 20.4. The molecule has 1 aliphatic rings. The second-order valence-corrected chi connectivity index (χ2v) is 7.00. The molecule has 1 heterocycles. The first-order valence-electron chi connectivity index (χ1n) is 9.27. The summed E-state index contributed by atoms with van der Waals surface area (Å²) in [5.41, 5.74) is 1.65. The number of carbonyl (C=O) groups excluding carboxylic acids is 1. The van der Waals surface area contributed by atoms with Gasteiger partial charge in [-0.05, 0) is 23.8 Å². The summed E-state index contributed by atoms with van der Waals surface area (Å²) in [5.74, 6) is -0.765. The molecule has 3 atom stereocenters. The van der Waals surface area contributed by atoms with Crippen molar-refractivity contribution in [3.8, 4) is 5.75 Å². The molecule has 0 saturated carbocycles. The summed E-state index contributed by atoms with van der Waals surface area (Å²) in [7, 11) is 0. The first-order valence-corrected chi connectivity index (χ1v) is 9.27. The Balaban J connectivity index is 1.76. The van der Waals surface area contributed by atoms with Crippen molar-refractivity contribution >= 4 is 5.78 Å². The summed E-state index contributed by atoms with van der Waals surface area (Å²) in [6, 6.07) is 20.1. The molecule has 0 aliphatic carbocycles. The Morgan fingerprint density at radius 1 is 0.966 bits per heavy atom. The molecule has 146 valence electrons. The molecule has 5 nitrogen and oxygen atoms in total. The molecule has 0 unspecified atom stereocenters. The zero-order valence-corrected chi connectivity index (χ0v) is 15.4. The van der Waals surface area contributed by atoms with Gasteiger partial charge in [0.1, 0.15) is 11.6 Å². The minimum absolute atomic E-state index is 0.0201. The van der Waals surface area contributed by atoms with Crippen LogP contribution in [0.3, 0.4) is 0 Å². The highest BCUT2D eigenvalue weighted by Crippen LogP contribution is 2.45. The number of hydrogen-bond donors (Lipinski definition) is 0. The maximum atomic E-state index is 13.4. The van der Waals surface area contributed by atoms with E-state index < -0.39 is 28.8 Å². The molecule has 0 radical (unpaired) electrons. The number of carbonyl (C=O) groups is 1. The molecular weight excluding hydrogens is 373 g/mol. The predicted molar refractivity (Wildman–Crippen MR) is 105 cm³/mol. The molecule has 1 aliphatic heterocycles. The van der Waals surface area contributed by atoms with Crippen LogP contribution in [0.5, 0.6) is 5.75 Å². The Kier molecular flexibility index (Phi) is 5.08. The van der Waals surface area contributed by atoms with E-state index in [9.17, 15) is 19.3 Å². The van der Waals surface area contributed by atoms with Gasteiger partial charge in [-0.1, -0.05) is 60.7 Å². The number of Topliss-reactive ketones (excluding diaryl/α,β-unsaturated/α-hetero) is 1. The van der Waals surface area contributed by atoms with E-state index in [1.165, 1.54) is 24.3 Å². The van der Waals surface area contributed by atoms with Crippen molar-refractivity contribution in [3.63, 3.8) is 0 Å². The van der Waals surface area contributed by atoms with Gasteiger partial charge < -0.3 is 4.74 Å². The van der Waals surface area contributed by atoms with Gasteiger partial charge in [-0.3, -0.25) is 14.9 Å². The molecule has 6 heteroatoms. The lowest BCUT2D eigenvalue weighted by Gasteiger charge is -2.34. The number of ether oxygens (including phenoxy) is 1. The third-order valence-electron chi connectivity index (χ3n) is 5.24. The van der Waals surface area contributed by atoms with Gasteiger partial charge in [0.25, 0.3) is 6.04 Å². The fraction of sp³-hybridized carbons (Fsp3) is 0.174. The van der Waals surface area contributed by atoms with E-state index in [4.69, 9.17) is 4.74 Å². The van der Waals surface area contributed by atoms with Crippen LogP contribution in [-0.2, 0) is 0 Å². The first kappa shape index (κ1) is 18.8. The summed E-state index contributed by atoms with van der Waals surface area (Å²) >= 11 is 0. The molecule has 29 heavy (non-hydrogen) atoms. The van der Waals surface area contributed by atoms with Crippen LogP contribution in [-0.4, -0.2) is 16.7 Å². The summed E-state index contributed by atoms with van der Waals surface area (Å²) in [6.45, 7) is 0. The van der Waals surface area contributed by atoms with Crippen LogP contribution < -0.4 is 4.74 Å². The van der Waals surface area contributed by atoms with Gasteiger partial charge in [-0.15, -0.1) is 0 Å². The van der Waals surface area contributed by atoms with Crippen LogP contribution in [0.4, 0.5) is 4.39 Å². The topological polar surface area (TPSA) is 69.4 Å². The molecule has 4 rings (SSSR count). The van der Waals surface area contributed by atoms with Crippen LogP contribution in [0.2, 0.25) is 0 Å². The molecule has 0 saturated heterocycles. The average Bonchev–Trinajstić information content (AvgIpc) is 2.74. The van der Waals surface area contributed by atoms with E-state index in [-0.39, 0.29) is 12.2 Å². The third kappa shape index (κ3) is 3.74. The predicted octanol–water partition coefficient (Wildman–Crippen LogP) is 4.96. The molecule has 0 spiro atoms. The van der Waals surface area contributed by atoms with Crippen molar-refractivity contribution in [2.75, 3.05) is 0 Å². The molecule has 0 N–H and O–H groups in total. The van der Waals surface area contributed by atoms with Crippen molar-refractivity contribution in [2.24, 2.45) is 0 Å². The molecule has 0 bridgehead atoms. The van der Waals surface area contributed by atoms with Gasteiger partial charge in [0, 0.05) is 22.5 Å². The van der Waals surface area contributed by atoms with Crippen LogP contribution >= 0.6 is 0 Å². The lowest BCUT2D eigenvalue weighted by molar-refractivity contribution is -0.540. The quantitative estimate of drug-likeness (QED) is 0.350. The number of para-hydroxylation sites is 1. The maximum absolute atomic E-state index is 13.4. The number of rotatable bonds is 5. The highest BCUT2D eigenvalue weighted by molar-refractivity contribution is 5.96. The minimum Gasteiger partial charge on any atom is -0.478 e. The number of nitrogens with zero attached hydrogens (tertiary/aromatic N) is 1. The second-order valence-electron chi connectivity index (χ2n) is 7.00. The fourth-order valence-electron chi connectivity index (χ4n) is 3.84. The number of ketones is 1. The molecule has 0 aromatic heterocycles. The van der Waals surface area contributed by atoms with Crippen LogP contribution in [0.25, 0.3) is 0 Å². The van der Waals surface area contributed by atoms with Gasteiger partial charge in [-0.25, -0.2) is 4.39 Å². The Morgan fingerprint density at radius 2 is 1.62 bits per heavy atom. The van der Waals surface area contributed by atoms with E-state index >= 15 is 0 Å². The van der Waals surface area contributed by atoms with Crippen molar-refractivity contribution in [1.82, 2.24) is 0 Å². The summed E-state index contributed by atoms with van der Waals surface area (Å²) in [5, 5.41) is 12.1. The number of hydrogen-bond acceptors (Lipinski definition) is 4. The van der Waals surface area contributed by atoms with Crippen LogP contribution in [0.1, 0.15) is 39.9 Å². The van der Waals surface area contributed by atoms with Gasteiger partial charge in [0.05, 0.1) is 5.92 Å². The number of benzene rings is 3. The van der Waals surface area contributed by atoms with Crippen molar-refractivity contribution in [2.45, 2.75) is 24.5 Å². The van der Waals surface area contributed by atoms with E-state index in [0.717, 1.165) is 0 Å². The van der Waals surface area contributed by atoms with Gasteiger partial charge >= 0.3 is 0 Å². The molecule has 0 fully saturated rings. The maximum Gasteiger partial charge on any atom is 0.260 e. The van der Waals surface area contributed by atoms with Gasteiger partial charge in [-0.2, -0.15) is 0 Å². The van der Waals surface area contributed by atoms with Crippen LogP contribution in [0, 0.1) is 15.9 Å². The smallest absolute Gasteiger partial charge is 0.260 e. The Bertz CT molecular complexity index is 1040. The Morgan fingerprint density at radius 3 is 2.31 bits per heavy atom. The Hall–Kier alpha value is -3.54. The van der Waals surface area contributed by atoms with Crippen molar-refractivity contribution < 1.29 is 18.8 Å². The first-order chi connectivity index (χ1) is 14.0. The molecule has 3 aromatic rings. The van der Waals surface area contributed by atoms with E-state index in [2.05, 4.69) is 0 Å². The normalized spacial score (nSPS) is 20.4. The molecular formula is C23H18FNO4. The lowest BCUT2D eigenvalue weighted by Crippen LogP contribution is -2.41. The zero-order valence-electron chi connectivity index (χ0n) is 15.4. The molecule has 3 aromatic carbocycles. The van der Waals surface area contributed by atoms with E-state index in [1.807, 2.05) is 6.07 Å². The number of nitro groups is 1. The third-order valence-corrected chi connectivity index (χ3v) is 5.24. The largest absolute Gasteiger partial charge is 0.478 e. The highest BCUT2D eigenvalue weighted by Gasteiger charge is 2.48. The summed E-state index contributed by atoms with van der Waals surface area (Å²) < 4.78 is 19.3. The monoisotopic (exact) mass is 391 g/mol. The van der Waals surface area contributed by atoms with E-state index in [0.29, 0.717) is 22.4 Å². The number of fused-ring (bicyclic) bond motifs is 1. The van der Waals surface area contributed by atoms with Gasteiger partial charge in [0.15, 0.2) is 11.9 Å². The Labute approximate surface area is 166 Å². The summed E-state index contributed by atoms with van der Waals surface area (Å²) in [6.07, 6.45) is -0.942. The second kappa shape index (κ2) is 7.83. The van der Waals surface area contributed by atoms with Crippen molar-refractivity contribution in [3.05, 3.63) is 111 Å². The average molecular weight is 391 g/mol. The SMILES string of the molecule is O=C(C[C@@H]1c2ccccc2O[C@H](c2ccc(F)cc2)[C@H]1[N+](=O)[O-])c1ccccc1. The van der Waals surface area contributed by atoms with Gasteiger partial charge in [0.2, 0.25) is 0 Å². The van der Waals surface area contributed by atoms with Crippen LogP contribution in [0.15, 0.2) is 78.9 Å². The fourth-order valence-corrected chi connectivity index (χ4v) is 3.84. The van der Waals surface area contributed by atoms with Crippen molar-refractivity contribution in [1.29, 1.82) is 0 Å². The number of halogens is 1. The lowest BCUT2D eigenvalue weighted by atomic mass is 9.79. The van der Waals surface area contributed by atoms with E-state index in [1.54, 1.807) is 48.5 Å². The minimum atomic E-state index is -1.18. The highest BCUT2D eigenvalue weighted by atomic mass is 19.1. The molecule has 0 amide bonds.